The van der Waals surface area contributed by atoms with Crippen molar-refractivity contribution in [1.29, 1.82) is 0 Å². The monoisotopic (exact) mass is 378 g/mol. The number of hydrogen-bond donors (Lipinski definition) is 1. The van der Waals surface area contributed by atoms with Crippen molar-refractivity contribution in [2.45, 2.75) is 51.9 Å². The number of unbranched alkanes of at least 4 members (excludes halogenated alkanes) is 1. The zero-order valence-corrected chi connectivity index (χ0v) is 13.7. The third-order valence-corrected chi connectivity index (χ3v) is 3.47. The molecule has 0 aromatic heterocycles. The number of carbonyl (C=O) groups excluding carboxylic acids is 1. The maximum atomic E-state index is 12.7. The number of hydrogen-bond acceptors (Lipinski definition) is 3. The summed E-state index contributed by atoms with van der Waals surface area (Å²) in [6.07, 6.45) is -9.51. The van der Waals surface area contributed by atoms with Crippen molar-refractivity contribution in [3.05, 3.63) is 11.6 Å². The molecule has 0 aromatic carbocycles. The highest BCUT2D eigenvalue weighted by molar-refractivity contribution is 5.96. The van der Waals surface area contributed by atoms with Gasteiger partial charge in [0.2, 0.25) is 0 Å². The first kappa shape index (κ1) is 23.3. The molecule has 0 amide bonds. The second-order valence-electron chi connectivity index (χ2n) is 5.47. The Morgan fingerprint density at radius 3 is 1.96 bits per heavy atom. The molecule has 1 unspecified atom stereocenters. The van der Waals surface area contributed by atoms with Gasteiger partial charge in [-0.1, -0.05) is 33.1 Å². The summed E-state index contributed by atoms with van der Waals surface area (Å²) < 4.78 is 81.0. The van der Waals surface area contributed by atoms with Crippen LogP contribution < -0.4 is 0 Å². The van der Waals surface area contributed by atoms with Crippen LogP contribution in [0, 0.1) is 11.8 Å². The van der Waals surface area contributed by atoms with Crippen molar-refractivity contribution in [3.63, 3.8) is 0 Å². The van der Waals surface area contributed by atoms with Gasteiger partial charge >= 0.3 is 24.3 Å². The maximum Gasteiger partial charge on any atom is 0.404 e. The Balaban J connectivity index is 5.46. The predicted molar refractivity (Wildman–Crippen MR) is 75.6 cm³/mol. The number of esters is 1. The number of rotatable bonds is 9. The minimum Gasteiger partial charge on any atom is -0.478 e. The molecule has 0 aliphatic carbocycles. The molecule has 0 saturated carbocycles. The van der Waals surface area contributed by atoms with Crippen molar-refractivity contribution in [2.75, 3.05) is 6.61 Å². The third kappa shape index (κ3) is 8.26. The number of carbonyl (C=O) groups is 2. The first-order valence-electron chi connectivity index (χ1n) is 7.59. The summed E-state index contributed by atoms with van der Waals surface area (Å²) >= 11 is 0. The van der Waals surface area contributed by atoms with Crippen LogP contribution in [-0.2, 0) is 14.3 Å². The van der Waals surface area contributed by atoms with Crippen LogP contribution in [0.5, 0.6) is 0 Å². The first-order chi connectivity index (χ1) is 11.3. The lowest BCUT2D eigenvalue weighted by atomic mass is 9.96. The molecule has 0 radical (unpaired) electrons. The standard InChI is InChI=1S/C15H20F6O4/c1-3-5-6-9(4-2)8-25-13(24)10(7-11(22)23)12(14(16,17)18)15(19,20)21/h7,9,12H,3-6,8H2,1-2H3,(H,22,23)/b10-7-. The highest BCUT2D eigenvalue weighted by Gasteiger charge is 2.60. The van der Waals surface area contributed by atoms with E-state index in [4.69, 9.17) is 5.11 Å². The van der Waals surface area contributed by atoms with Gasteiger partial charge in [-0.2, -0.15) is 26.3 Å². The molecule has 0 saturated heterocycles. The van der Waals surface area contributed by atoms with E-state index >= 15 is 0 Å². The van der Waals surface area contributed by atoms with Crippen LogP contribution in [0.25, 0.3) is 0 Å². The van der Waals surface area contributed by atoms with Crippen molar-refractivity contribution in [2.24, 2.45) is 11.8 Å². The van der Waals surface area contributed by atoms with E-state index in [2.05, 4.69) is 4.74 Å². The smallest absolute Gasteiger partial charge is 0.404 e. The van der Waals surface area contributed by atoms with Crippen molar-refractivity contribution in [3.8, 4) is 0 Å². The fraction of sp³-hybridized carbons (Fsp3) is 0.733. The van der Waals surface area contributed by atoms with Crippen molar-refractivity contribution in [1.82, 2.24) is 0 Å². The molecular weight excluding hydrogens is 358 g/mol. The molecule has 1 atom stereocenters. The molecule has 146 valence electrons. The summed E-state index contributed by atoms with van der Waals surface area (Å²) in [7, 11) is 0. The van der Waals surface area contributed by atoms with Gasteiger partial charge in [-0.25, -0.2) is 9.59 Å². The Kier molecular flexibility index (Phi) is 8.99. The van der Waals surface area contributed by atoms with E-state index in [0.29, 0.717) is 12.8 Å². The number of alkyl halides is 6. The van der Waals surface area contributed by atoms with Crippen LogP contribution in [0.3, 0.4) is 0 Å². The molecule has 10 heteroatoms. The lowest BCUT2D eigenvalue weighted by molar-refractivity contribution is -0.272. The van der Waals surface area contributed by atoms with Gasteiger partial charge in [0.15, 0.2) is 5.92 Å². The third-order valence-electron chi connectivity index (χ3n) is 3.47. The summed E-state index contributed by atoms with van der Waals surface area (Å²) in [6, 6.07) is 0. The second-order valence-corrected chi connectivity index (χ2v) is 5.47. The van der Waals surface area contributed by atoms with E-state index in [-0.39, 0.29) is 12.5 Å². The van der Waals surface area contributed by atoms with Crippen LogP contribution >= 0.6 is 0 Å². The summed E-state index contributed by atoms with van der Waals surface area (Å²) in [4.78, 5) is 22.3. The van der Waals surface area contributed by atoms with E-state index in [0.717, 1.165) is 12.8 Å². The quantitative estimate of drug-likeness (QED) is 0.365. The Labute approximate surface area is 140 Å². The van der Waals surface area contributed by atoms with Crippen LogP contribution in [-0.4, -0.2) is 36.0 Å². The summed E-state index contributed by atoms with van der Waals surface area (Å²) in [5.74, 6) is -8.50. The van der Waals surface area contributed by atoms with Crippen LogP contribution in [0.15, 0.2) is 11.6 Å². The number of carboxylic acids is 1. The summed E-state index contributed by atoms with van der Waals surface area (Å²) in [5.41, 5.74) is -1.99. The van der Waals surface area contributed by atoms with Gasteiger partial charge in [0.05, 0.1) is 12.2 Å². The van der Waals surface area contributed by atoms with E-state index in [1.807, 2.05) is 6.92 Å². The molecule has 1 N–H and O–H groups in total. The maximum absolute atomic E-state index is 12.7. The zero-order valence-electron chi connectivity index (χ0n) is 13.7. The zero-order chi connectivity index (χ0) is 19.8. The van der Waals surface area contributed by atoms with E-state index < -0.39 is 41.9 Å². The minimum absolute atomic E-state index is 0.231. The van der Waals surface area contributed by atoms with E-state index in [1.54, 1.807) is 6.92 Å². The number of aliphatic carboxylic acids is 1. The van der Waals surface area contributed by atoms with Gasteiger partial charge in [-0.15, -0.1) is 0 Å². The highest BCUT2D eigenvalue weighted by atomic mass is 19.4. The molecule has 0 fully saturated rings. The van der Waals surface area contributed by atoms with Gasteiger partial charge in [0.25, 0.3) is 0 Å². The van der Waals surface area contributed by atoms with Crippen LogP contribution in [0.4, 0.5) is 26.3 Å². The fourth-order valence-corrected chi connectivity index (χ4v) is 2.11. The van der Waals surface area contributed by atoms with Gasteiger partial charge < -0.3 is 9.84 Å². The molecule has 0 rings (SSSR count). The summed E-state index contributed by atoms with van der Waals surface area (Å²) in [5, 5.41) is 8.53. The van der Waals surface area contributed by atoms with E-state index in [1.165, 1.54) is 0 Å². The predicted octanol–water partition coefficient (Wildman–Crippen LogP) is 4.50. The largest absolute Gasteiger partial charge is 0.478 e. The van der Waals surface area contributed by atoms with Gasteiger partial charge in [0.1, 0.15) is 0 Å². The topological polar surface area (TPSA) is 63.6 Å². The molecule has 0 aliphatic rings. The average molecular weight is 378 g/mol. The molecule has 0 bridgehead atoms. The van der Waals surface area contributed by atoms with Crippen molar-refractivity contribution < 1.29 is 45.8 Å². The Bertz CT molecular complexity index is 467. The minimum atomic E-state index is -5.88. The molecule has 4 nitrogen and oxygen atoms in total. The second kappa shape index (κ2) is 9.67. The Hall–Kier alpha value is -1.74. The number of halogens is 6. The van der Waals surface area contributed by atoms with Gasteiger partial charge in [-0.05, 0) is 12.3 Å². The average Bonchev–Trinajstić information content (AvgIpc) is 2.43. The van der Waals surface area contributed by atoms with Crippen LogP contribution in [0.1, 0.15) is 39.5 Å². The normalized spacial score (nSPS) is 14.5. The van der Waals surface area contributed by atoms with E-state index in [9.17, 15) is 35.9 Å². The first-order valence-corrected chi connectivity index (χ1v) is 7.59. The van der Waals surface area contributed by atoms with Crippen LogP contribution in [0.2, 0.25) is 0 Å². The molecule has 25 heavy (non-hydrogen) atoms. The fourth-order valence-electron chi connectivity index (χ4n) is 2.11. The molecular formula is C15H20F6O4. The molecule has 0 spiro atoms. The Morgan fingerprint density at radius 2 is 1.60 bits per heavy atom. The molecule has 0 heterocycles. The number of ether oxygens (including phenoxy) is 1. The highest BCUT2D eigenvalue weighted by Crippen LogP contribution is 2.44. The van der Waals surface area contributed by atoms with Gasteiger partial charge in [0, 0.05) is 6.08 Å². The molecule has 0 aromatic rings. The SMILES string of the molecule is CCCCC(CC)COC(=O)/C(=C\C(=O)O)C(C(F)(F)F)C(F)(F)F. The Morgan fingerprint density at radius 1 is 1.08 bits per heavy atom. The van der Waals surface area contributed by atoms with Gasteiger partial charge in [-0.3, -0.25) is 0 Å². The lowest BCUT2D eigenvalue weighted by Gasteiger charge is -2.24. The summed E-state index contributed by atoms with van der Waals surface area (Å²) in [6.45, 7) is 3.24. The number of carboxylic acid groups (broad SMARTS) is 1. The molecule has 0 aliphatic heterocycles. The van der Waals surface area contributed by atoms with Crippen molar-refractivity contribution >= 4 is 11.9 Å². The lowest BCUT2D eigenvalue weighted by Crippen LogP contribution is -2.41.